The highest BCUT2D eigenvalue weighted by Crippen LogP contribution is 2.34. The molecule has 0 aliphatic heterocycles. The standard InChI is InChI=1S/C19H16ClF3N4O/c1-2-28-16-8-5-12(20)9-14(16)15-10-17(27-18(24)26-15)25-13-6-3-11(4-7-13)19(21,22)23/h3-10H,2H2,1H3,(H3,24,25,26,27). The fourth-order valence-corrected chi connectivity index (χ4v) is 2.71. The maximum absolute atomic E-state index is 12.7. The van der Waals surface area contributed by atoms with Gasteiger partial charge in [0.2, 0.25) is 5.95 Å². The number of hydrogen-bond acceptors (Lipinski definition) is 5. The van der Waals surface area contributed by atoms with Gasteiger partial charge in [0, 0.05) is 22.3 Å². The lowest BCUT2D eigenvalue weighted by molar-refractivity contribution is -0.137. The number of aromatic nitrogens is 2. The number of halogens is 4. The number of benzene rings is 2. The molecule has 0 saturated carbocycles. The van der Waals surface area contributed by atoms with Gasteiger partial charge in [-0.1, -0.05) is 11.6 Å². The van der Waals surface area contributed by atoms with E-state index in [0.717, 1.165) is 12.1 Å². The second-order valence-electron chi connectivity index (χ2n) is 5.77. The molecule has 0 unspecified atom stereocenters. The zero-order valence-corrected chi connectivity index (χ0v) is 15.5. The van der Waals surface area contributed by atoms with E-state index in [4.69, 9.17) is 22.1 Å². The third-order valence-corrected chi connectivity index (χ3v) is 3.98. The molecular weight excluding hydrogens is 393 g/mol. The molecule has 3 aromatic rings. The summed E-state index contributed by atoms with van der Waals surface area (Å²) in [6.45, 7) is 2.30. The molecule has 2 aromatic carbocycles. The van der Waals surface area contributed by atoms with Crippen molar-refractivity contribution in [3.8, 4) is 17.0 Å². The van der Waals surface area contributed by atoms with E-state index in [0.29, 0.717) is 40.1 Å². The maximum atomic E-state index is 12.7. The van der Waals surface area contributed by atoms with Crippen LogP contribution in [0.25, 0.3) is 11.3 Å². The van der Waals surface area contributed by atoms with Crippen LogP contribution in [-0.2, 0) is 6.18 Å². The van der Waals surface area contributed by atoms with Gasteiger partial charge in [-0.2, -0.15) is 18.2 Å². The van der Waals surface area contributed by atoms with Crippen molar-refractivity contribution >= 4 is 29.1 Å². The van der Waals surface area contributed by atoms with Gasteiger partial charge in [0.25, 0.3) is 0 Å². The van der Waals surface area contributed by atoms with E-state index in [-0.39, 0.29) is 5.95 Å². The number of rotatable bonds is 5. The van der Waals surface area contributed by atoms with Crippen molar-refractivity contribution in [3.05, 3.63) is 59.1 Å². The summed E-state index contributed by atoms with van der Waals surface area (Å²) in [5, 5.41) is 3.42. The Kier molecular flexibility index (Phi) is 5.60. The first-order valence-electron chi connectivity index (χ1n) is 8.28. The molecule has 5 nitrogen and oxygen atoms in total. The van der Waals surface area contributed by atoms with Crippen molar-refractivity contribution < 1.29 is 17.9 Å². The molecule has 0 bridgehead atoms. The number of hydrogen-bond donors (Lipinski definition) is 2. The summed E-state index contributed by atoms with van der Waals surface area (Å²) in [5.74, 6) is 0.893. The van der Waals surface area contributed by atoms with Crippen molar-refractivity contribution in [2.24, 2.45) is 0 Å². The van der Waals surface area contributed by atoms with Crippen molar-refractivity contribution in [2.45, 2.75) is 13.1 Å². The highest BCUT2D eigenvalue weighted by Gasteiger charge is 2.29. The summed E-state index contributed by atoms with van der Waals surface area (Å²) < 4.78 is 43.7. The molecule has 0 aliphatic carbocycles. The Morgan fingerprint density at radius 3 is 2.43 bits per heavy atom. The van der Waals surface area contributed by atoms with Gasteiger partial charge in [-0.25, -0.2) is 4.98 Å². The van der Waals surface area contributed by atoms with Crippen LogP contribution in [0.5, 0.6) is 5.75 Å². The molecule has 28 heavy (non-hydrogen) atoms. The number of nitrogens with one attached hydrogen (secondary N) is 1. The summed E-state index contributed by atoms with van der Waals surface area (Å²) in [6, 6.07) is 11.3. The molecular formula is C19H16ClF3N4O. The van der Waals surface area contributed by atoms with Crippen LogP contribution in [0.15, 0.2) is 48.5 Å². The molecule has 0 atom stereocenters. The summed E-state index contributed by atoms with van der Waals surface area (Å²) >= 11 is 6.09. The number of alkyl halides is 3. The number of anilines is 3. The summed E-state index contributed by atoms with van der Waals surface area (Å²) in [4.78, 5) is 8.30. The molecule has 1 aromatic heterocycles. The van der Waals surface area contributed by atoms with Crippen LogP contribution >= 0.6 is 11.6 Å². The lowest BCUT2D eigenvalue weighted by Gasteiger charge is -2.13. The molecule has 3 N–H and O–H groups in total. The molecule has 146 valence electrons. The fraction of sp³-hybridized carbons (Fsp3) is 0.158. The summed E-state index contributed by atoms with van der Waals surface area (Å²) in [6.07, 6.45) is -4.40. The van der Waals surface area contributed by atoms with E-state index in [1.165, 1.54) is 12.1 Å². The first kappa shape index (κ1) is 19.8. The third kappa shape index (κ3) is 4.64. The van der Waals surface area contributed by atoms with Crippen LogP contribution in [0.2, 0.25) is 5.02 Å². The third-order valence-electron chi connectivity index (χ3n) is 3.75. The highest BCUT2D eigenvalue weighted by molar-refractivity contribution is 6.31. The maximum Gasteiger partial charge on any atom is 0.416 e. The monoisotopic (exact) mass is 408 g/mol. The van der Waals surface area contributed by atoms with Crippen LogP contribution in [-0.4, -0.2) is 16.6 Å². The lowest BCUT2D eigenvalue weighted by Crippen LogP contribution is -2.05. The van der Waals surface area contributed by atoms with Crippen molar-refractivity contribution in [1.82, 2.24) is 9.97 Å². The Labute approximate surface area is 164 Å². The zero-order chi connectivity index (χ0) is 20.3. The van der Waals surface area contributed by atoms with Crippen LogP contribution in [0.4, 0.5) is 30.6 Å². The quantitative estimate of drug-likeness (QED) is 0.579. The van der Waals surface area contributed by atoms with Gasteiger partial charge in [-0.15, -0.1) is 0 Å². The van der Waals surface area contributed by atoms with Crippen LogP contribution in [0, 0.1) is 0 Å². The topological polar surface area (TPSA) is 73.1 Å². The first-order chi connectivity index (χ1) is 13.3. The van der Waals surface area contributed by atoms with Gasteiger partial charge in [0.1, 0.15) is 11.6 Å². The van der Waals surface area contributed by atoms with E-state index in [1.54, 1.807) is 24.3 Å². The number of ether oxygens (including phenoxy) is 1. The number of nitrogens with zero attached hydrogens (tertiary/aromatic N) is 2. The minimum Gasteiger partial charge on any atom is -0.493 e. The fourth-order valence-electron chi connectivity index (χ4n) is 2.54. The summed E-state index contributed by atoms with van der Waals surface area (Å²) in [5.41, 5.74) is 6.59. The molecule has 0 saturated heterocycles. The molecule has 0 radical (unpaired) electrons. The van der Waals surface area contributed by atoms with Gasteiger partial charge in [0.15, 0.2) is 0 Å². The van der Waals surface area contributed by atoms with Gasteiger partial charge in [-0.05, 0) is 49.4 Å². The number of nitrogen functional groups attached to an aromatic ring is 1. The Morgan fingerprint density at radius 2 is 1.79 bits per heavy atom. The van der Waals surface area contributed by atoms with Gasteiger partial charge < -0.3 is 15.8 Å². The minimum atomic E-state index is -4.40. The van der Waals surface area contributed by atoms with E-state index >= 15 is 0 Å². The number of nitrogens with two attached hydrogens (primary N) is 1. The van der Waals surface area contributed by atoms with Crippen molar-refractivity contribution in [3.63, 3.8) is 0 Å². The molecule has 0 spiro atoms. The largest absolute Gasteiger partial charge is 0.493 e. The second kappa shape index (κ2) is 7.93. The van der Waals surface area contributed by atoms with Gasteiger partial charge >= 0.3 is 6.18 Å². The van der Waals surface area contributed by atoms with Crippen LogP contribution in [0.3, 0.4) is 0 Å². The molecule has 0 fully saturated rings. The van der Waals surface area contributed by atoms with E-state index < -0.39 is 11.7 Å². The van der Waals surface area contributed by atoms with E-state index in [1.807, 2.05) is 6.92 Å². The molecule has 0 aliphatic rings. The van der Waals surface area contributed by atoms with E-state index in [2.05, 4.69) is 15.3 Å². The Balaban J connectivity index is 1.93. The average Bonchev–Trinajstić information content (AvgIpc) is 2.62. The summed E-state index contributed by atoms with van der Waals surface area (Å²) in [7, 11) is 0. The molecule has 3 rings (SSSR count). The Hall–Kier alpha value is -3.00. The highest BCUT2D eigenvalue weighted by atomic mass is 35.5. The van der Waals surface area contributed by atoms with Gasteiger partial charge in [-0.3, -0.25) is 0 Å². The van der Waals surface area contributed by atoms with Gasteiger partial charge in [0.05, 0.1) is 17.9 Å². The predicted octanol–water partition coefficient (Wildman–Crippen LogP) is 5.54. The smallest absolute Gasteiger partial charge is 0.416 e. The zero-order valence-electron chi connectivity index (χ0n) is 14.7. The van der Waals surface area contributed by atoms with Crippen LogP contribution < -0.4 is 15.8 Å². The molecule has 9 heteroatoms. The lowest BCUT2D eigenvalue weighted by atomic mass is 10.1. The van der Waals surface area contributed by atoms with Crippen molar-refractivity contribution in [2.75, 3.05) is 17.7 Å². The normalized spacial score (nSPS) is 11.3. The SMILES string of the molecule is CCOc1ccc(Cl)cc1-c1cc(Nc2ccc(C(F)(F)F)cc2)nc(N)n1. The van der Waals surface area contributed by atoms with Crippen LogP contribution in [0.1, 0.15) is 12.5 Å². The first-order valence-corrected chi connectivity index (χ1v) is 8.65. The average molecular weight is 409 g/mol. The van der Waals surface area contributed by atoms with Crippen molar-refractivity contribution in [1.29, 1.82) is 0 Å². The Morgan fingerprint density at radius 1 is 1.07 bits per heavy atom. The second-order valence-corrected chi connectivity index (χ2v) is 6.21. The molecule has 0 amide bonds. The Bertz CT molecular complexity index is 978. The predicted molar refractivity (Wildman–Crippen MR) is 103 cm³/mol. The minimum absolute atomic E-state index is 0.00524. The molecule has 1 heterocycles. The van der Waals surface area contributed by atoms with E-state index in [9.17, 15) is 13.2 Å².